The molecule has 4 aromatic heterocycles. The summed E-state index contributed by atoms with van der Waals surface area (Å²) in [5.74, 6) is 0.583. The van der Waals surface area contributed by atoms with Gasteiger partial charge in [-0.05, 0) is 29.8 Å². The quantitative estimate of drug-likeness (QED) is 0.361. The highest BCUT2D eigenvalue weighted by molar-refractivity contribution is 5.79. The first-order chi connectivity index (χ1) is 15.8. The second-order valence-electron chi connectivity index (χ2n) is 7.19. The Bertz CT molecular complexity index is 1370. The van der Waals surface area contributed by atoms with Crippen LogP contribution in [0.5, 0.6) is 0 Å². The van der Waals surface area contributed by atoms with Crippen molar-refractivity contribution in [2.45, 2.75) is 6.54 Å². The van der Waals surface area contributed by atoms with Gasteiger partial charge in [0.2, 0.25) is 5.65 Å². The standard InChI is InChI=1S/C22H21N9O/c1-32-8-7-24-17-10-18(12-23-11-17)27-20-13-26-21-22(28-20)31(30-29-21)14-15-4-5-19-16(9-15)3-2-6-25-19/h2-6,9-13,24H,7-8,14H2,1H3,(H,27,28). The number of nitrogens with one attached hydrogen (secondary N) is 2. The summed E-state index contributed by atoms with van der Waals surface area (Å²) in [6, 6.07) is 12.1. The average Bonchev–Trinajstić information content (AvgIpc) is 3.21. The van der Waals surface area contributed by atoms with Gasteiger partial charge in [0.05, 0.1) is 48.6 Å². The van der Waals surface area contributed by atoms with Gasteiger partial charge >= 0.3 is 0 Å². The van der Waals surface area contributed by atoms with Crippen LogP contribution in [0.2, 0.25) is 0 Å². The third-order valence-electron chi connectivity index (χ3n) is 4.87. The summed E-state index contributed by atoms with van der Waals surface area (Å²) in [5.41, 5.74) is 4.81. The van der Waals surface area contributed by atoms with Gasteiger partial charge in [-0.25, -0.2) is 14.6 Å². The lowest BCUT2D eigenvalue weighted by Crippen LogP contribution is -2.08. The van der Waals surface area contributed by atoms with Gasteiger partial charge in [-0.15, -0.1) is 5.10 Å². The number of fused-ring (bicyclic) bond motifs is 2. The van der Waals surface area contributed by atoms with Crippen LogP contribution in [0.3, 0.4) is 0 Å². The Hall–Kier alpha value is -4.18. The molecule has 0 aliphatic rings. The maximum atomic E-state index is 5.06. The monoisotopic (exact) mass is 427 g/mol. The fourth-order valence-electron chi connectivity index (χ4n) is 3.37. The van der Waals surface area contributed by atoms with Gasteiger partial charge in [0.25, 0.3) is 0 Å². The molecule has 2 N–H and O–H groups in total. The Morgan fingerprint density at radius 1 is 1.03 bits per heavy atom. The number of hydrogen-bond donors (Lipinski definition) is 2. The van der Waals surface area contributed by atoms with Crippen molar-refractivity contribution in [1.29, 1.82) is 0 Å². The van der Waals surface area contributed by atoms with E-state index in [0.717, 1.165) is 27.8 Å². The number of aromatic nitrogens is 7. The predicted octanol–water partition coefficient (Wildman–Crippen LogP) is 3.01. The lowest BCUT2D eigenvalue weighted by atomic mass is 10.1. The van der Waals surface area contributed by atoms with E-state index < -0.39 is 0 Å². The van der Waals surface area contributed by atoms with E-state index in [1.54, 1.807) is 36.6 Å². The molecule has 0 saturated carbocycles. The predicted molar refractivity (Wildman–Crippen MR) is 122 cm³/mol. The molecule has 0 spiro atoms. The van der Waals surface area contributed by atoms with Gasteiger partial charge in [0.1, 0.15) is 0 Å². The summed E-state index contributed by atoms with van der Waals surface area (Å²) in [6.45, 7) is 1.84. The number of benzene rings is 1. The van der Waals surface area contributed by atoms with Crippen LogP contribution in [0, 0.1) is 0 Å². The van der Waals surface area contributed by atoms with Crippen molar-refractivity contribution in [3.05, 3.63) is 66.7 Å². The molecule has 0 radical (unpaired) electrons. The van der Waals surface area contributed by atoms with E-state index in [-0.39, 0.29) is 0 Å². The first-order valence-corrected chi connectivity index (χ1v) is 10.1. The van der Waals surface area contributed by atoms with E-state index in [2.05, 4.69) is 46.9 Å². The summed E-state index contributed by atoms with van der Waals surface area (Å²) >= 11 is 0. The maximum Gasteiger partial charge on any atom is 0.221 e. The molecule has 5 rings (SSSR count). The number of nitrogens with zero attached hydrogens (tertiary/aromatic N) is 7. The van der Waals surface area contributed by atoms with Crippen molar-refractivity contribution >= 4 is 39.4 Å². The Labute approximate surface area is 183 Å². The molecule has 160 valence electrons. The topological polar surface area (TPSA) is 116 Å². The van der Waals surface area contributed by atoms with E-state index in [1.165, 1.54) is 0 Å². The van der Waals surface area contributed by atoms with E-state index in [0.29, 0.717) is 36.8 Å². The molecule has 0 atom stereocenters. The van der Waals surface area contributed by atoms with Crippen LogP contribution in [0.15, 0.2) is 61.2 Å². The SMILES string of the molecule is COCCNc1cncc(Nc2cnc3nnn(Cc4ccc5ncccc5c4)c3n2)c1. The van der Waals surface area contributed by atoms with Crippen molar-refractivity contribution in [3.63, 3.8) is 0 Å². The molecular weight excluding hydrogens is 406 g/mol. The minimum absolute atomic E-state index is 0.492. The third kappa shape index (κ3) is 4.30. The molecule has 0 fully saturated rings. The smallest absolute Gasteiger partial charge is 0.221 e. The highest BCUT2D eigenvalue weighted by atomic mass is 16.5. The van der Waals surface area contributed by atoms with Crippen molar-refractivity contribution < 1.29 is 4.74 Å². The van der Waals surface area contributed by atoms with Gasteiger partial charge < -0.3 is 15.4 Å². The number of methoxy groups -OCH3 is 1. The van der Waals surface area contributed by atoms with E-state index in [9.17, 15) is 0 Å². The zero-order chi connectivity index (χ0) is 21.8. The number of ether oxygens (including phenoxy) is 1. The third-order valence-corrected chi connectivity index (χ3v) is 4.87. The summed E-state index contributed by atoms with van der Waals surface area (Å²) < 4.78 is 6.81. The highest BCUT2D eigenvalue weighted by Gasteiger charge is 2.10. The van der Waals surface area contributed by atoms with E-state index >= 15 is 0 Å². The minimum atomic E-state index is 0.492. The second kappa shape index (κ2) is 8.90. The van der Waals surface area contributed by atoms with Crippen LogP contribution < -0.4 is 10.6 Å². The summed E-state index contributed by atoms with van der Waals surface area (Å²) in [4.78, 5) is 17.7. The Morgan fingerprint density at radius 3 is 2.91 bits per heavy atom. The molecule has 0 amide bonds. The van der Waals surface area contributed by atoms with Crippen molar-refractivity contribution in [3.8, 4) is 0 Å². The van der Waals surface area contributed by atoms with Gasteiger partial charge in [-0.3, -0.25) is 9.97 Å². The average molecular weight is 427 g/mol. The normalized spacial score (nSPS) is 11.2. The van der Waals surface area contributed by atoms with Crippen LogP contribution in [0.1, 0.15) is 5.56 Å². The minimum Gasteiger partial charge on any atom is -0.383 e. The molecule has 5 aromatic rings. The fourth-order valence-corrected chi connectivity index (χ4v) is 3.37. The molecule has 0 unspecified atom stereocenters. The van der Waals surface area contributed by atoms with Crippen LogP contribution in [0.25, 0.3) is 22.2 Å². The van der Waals surface area contributed by atoms with Crippen LogP contribution in [-0.2, 0) is 11.3 Å². The largest absolute Gasteiger partial charge is 0.383 e. The second-order valence-corrected chi connectivity index (χ2v) is 7.19. The first-order valence-electron chi connectivity index (χ1n) is 10.1. The number of anilines is 3. The lowest BCUT2D eigenvalue weighted by Gasteiger charge is -2.09. The molecule has 0 bridgehead atoms. The number of hydrogen-bond acceptors (Lipinski definition) is 9. The first kappa shape index (κ1) is 19.8. The lowest BCUT2D eigenvalue weighted by molar-refractivity contribution is 0.211. The molecule has 32 heavy (non-hydrogen) atoms. The molecule has 0 aliphatic heterocycles. The number of rotatable bonds is 8. The van der Waals surface area contributed by atoms with Crippen molar-refractivity contribution in [2.75, 3.05) is 30.9 Å². The molecule has 1 aromatic carbocycles. The summed E-state index contributed by atoms with van der Waals surface area (Å²) in [6.07, 6.45) is 6.91. The van der Waals surface area contributed by atoms with Gasteiger partial charge in [-0.1, -0.05) is 17.3 Å². The molecule has 0 saturated heterocycles. The fraction of sp³-hybridized carbons (Fsp3) is 0.182. The highest BCUT2D eigenvalue weighted by Crippen LogP contribution is 2.19. The molecule has 0 aliphatic carbocycles. The summed E-state index contributed by atoms with van der Waals surface area (Å²) in [5, 5.41) is 16.0. The van der Waals surface area contributed by atoms with Gasteiger partial charge in [0, 0.05) is 25.2 Å². The van der Waals surface area contributed by atoms with E-state index in [4.69, 9.17) is 4.74 Å². The van der Waals surface area contributed by atoms with Gasteiger partial charge in [-0.2, -0.15) is 0 Å². The molecular formula is C22H21N9O. The molecule has 4 heterocycles. The maximum absolute atomic E-state index is 5.06. The van der Waals surface area contributed by atoms with E-state index in [1.807, 2.05) is 30.3 Å². The number of pyridine rings is 2. The molecule has 10 heteroatoms. The van der Waals surface area contributed by atoms with Crippen LogP contribution >= 0.6 is 0 Å². The zero-order valence-corrected chi connectivity index (χ0v) is 17.4. The summed E-state index contributed by atoms with van der Waals surface area (Å²) in [7, 11) is 1.67. The Morgan fingerprint density at radius 2 is 1.97 bits per heavy atom. The molecule has 10 nitrogen and oxygen atoms in total. The zero-order valence-electron chi connectivity index (χ0n) is 17.4. The van der Waals surface area contributed by atoms with Crippen LogP contribution in [-0.4, -0.2) is 55.2 Å². The van der Waals surface area contributed by atoms with Crippen LogP contribution in [0.4, 0.5) is 17.2 Å². The Kier molecular flexibility index (Phi) is 5.50. The van der Waals surface area contributed by atoms with Crippen molar-refractivity contribution in [2.24, 2.45) is 0 Å². The van der Waals surface area contributed by atoms with Gasteiger partial charge in [0.15, 0.2) is 11.5 Å². The Balaban J connectivity index is 1.37. The van der Waals surface area contributed by atoms with Crippen molar-refractivity contribution in [1.82, 2.24) is 34.9 Å².